The van der Waals surface area contributed by atoms with Gasteiger partial charge in [0.2, 0.25) is 0 Å². The third-order valence-corrected chi connectivity index (χ3v) is 4.13. The molecular formula is C19H29ClIN5O. The van der Waals surface area contributed by atoms with Gasteiger partial charge in [-0.1, -0.05) is 11.6 Å². The average molecular weight is 506 g/mol. The molecule has 2 aromatic rings. The smallest absolute Gasteiger partial charge is 0.191 e. The molecule has 2 rings (SSSR count). The van der Waals surface area contributed by atoms with Gasteiger partial charge in [-0.05, 0) is 57.5 Å². The number of guanidine groups is 1. The second-order valence-electron chi connectivity index (χ2n) is 6.27. The summed E-state index contributed by atoms with van der Waals surface area (Å²) < 4.78 is 7.88. The Morgan fingerprint density at radius 3 is 2.56 bits per heavy atom. The van der Waals surface area contributed by atoms with Crippen molar-refractivity contribution in [3.05, 3.63) is 46.7 Å². The zero-order chi connectivity index (χ0) is 18.9. The van der Waals surface area contributed by atoms with Gasteiger partial charge >= 0.3 is 0 Å². The summed E-state index contributed by atoms with van der Waals surface area (Å²) in [7, 11) is 1.76. The molecule has 0 fully saturated rings. The largest absolute Gasteiger partial charge is 0.489 e. The van der Waals surface area contributed by atoms with Gasteiger partial charge in [-0.2, -0.15) is 5.10 Å². The number of hydrogen-bond acceptors (Lipinski definition) is 3. The van der Waals surface area contributed by atoms with E-state index in [1.54, 1.807) is 7.05 Å². The van der Waals surface area contributed by atoms with E-state index in [-0.39, 0.29) is 30.1 Å². The lowest BCUT2D eigenvalue weighted by Crippen LogP contribution is -2.42. The number of halogens is 2. The van der Waals surface area contributed by atoms with E-state index >= 15 is 0 Å². The van der Waals surface area contributed by atoms with Crippen LogP contribution in [0.5, 0.6) is 5.75 Å². The fraction of sp³-hybridized carbons (Fsp3) is 0.474. The number of aliphatic imine (C=N–C) groups is 1. The molecule has 0 aliphatic carbocycles. The van der Waals surface area contributed by atoms with E-state index in [2.05, 4.69) is 33.7 Å². The Balaban J connectivity index is 0.00000364. The molecule has 1 atom stereocenters. The molecule has 2 N–H and O–H groups in total. The number of ether oxygens (including phenoxy) is 1. The van der Waals surface area contributed by atoms with Gasteiger partial charge in [0.05, 0.1) is 12.2 Å². The molecule has 150 valence electrons. The SMILES string of the molecule is CN=C(NCCCn1nc(C)cc1C)NCC(C)Oc1ccc(Cl)cc1.I. The lowest BCUT2D eigenvalue weighted by molar-refractivity contribution is 0.224. The minimum atomic E-state index is 0. The second kappa shape index (κ2) is 12.1. The third-order valence-electron chi connectivity index (χ3n) is 3.87. The van der Waals surface area contributed by atoms with Gasteiger partial charge in [-0.15, -0.1) is 24.0 Å². The number of benzene rings is 1. The zero-order valence-electron chi connectivity index (χ0n) is 16.3. The van der Waals surface area contributed by atoms with Crippen LogP contribution >= 0.6 is 35.6 Å². The van der Waals surface area contributed by atoms with Crippen LogP contribution in [-0.4, -0.2) is 42.0 Å². The van der Waals surface area contributed by atoms with Crippen LogP contribution in [0.15, 0.2) is 35.3 Å². The zero-order valence-corrected chi connectivity index (χ0v) is 19.4. The summed E-state index contributed by atoms with van der Waals surface area (Å²) in [6, 6.07) is 9.46. The van der Waals surface area contributed by atoms with Crippen molar-refractivity contribution in [1.29, 1.82) is 0 Å². The van der Waals surface area contributed by atoms with Crippen molar-refractivity contribution in [3.63, 3.8) is 0 Å². The lowest BCUT2D eigenvalue weighted by atomic mass is 10.3. The van der Waals surface area contributed by atoms with E-state index in [9.17, 15) is 0 Å². The summed E-state index contributed by atoms with van der Waals surface area (Å²) in [5.41, 5.74) is 2.25. The van der Waals surface area contributed by atoms with Gasteiger partial charge in [0, 0.05) is 30.9 Å². The Labute approximate surface area is 183 Å². The number of rotatable bonds is 8. The number of hydrogen-bond donors (Lipinski definition) is 2. The number of nitrogens with zero attached hydrogens (tertiary/aromatic N) is 3. The number of aryl methyl sites for hydroxylation is 3. The maximum absolute atomic E-state index is 5.88. The third kappa shape index (κ3) is 8.38. The monoisotopic (exact) mass is 505 g/mol. The molecule has 1 heterocycles. The summed E-state index contributed by atoms with van der Waals surface area (Å²) in [6.45, 7) is 8.47. The minimum Gasteiger partial charge on any atom is -0.489 e. The van der Waals surface area contributed by atoms with Gasteiger partial charge in [-0.25, -0.2) is 0 Å². The molecule has 8 heteroatoms. The first-order valence-electron chi connectivity index (χ1n) is 8.85. The van der Waals surface area contributed by atoms with Crippen molar-refractivity contribution >= 4 is 41.5 Å². The lowest BCUT2D eigenvalue weighted by Gasteiger charge is -2.18. The van der Waals surface area contributed by atoms with E-state index < -0.39 is 0 Å². The molecule has 0 spiro atoms. The van der Waals surface area contributed by atoms with Crippen molar-refractivity contribution in [2.75, 3.05) is 20.1 Å². The first kappa shape index (κ1) is 23.6. The highest BCUT2D eigenvalue weighted by atomic mass is 127. The van der Waals surface area contributed by atoms with Crippen LogP contribution in [0.1, 0.15) is 24.7 Å². The standard InChI is InChI=1S/C19H28ClN5O.HI/c1-14-12-15(2)25(24-14)11-5-10-22-19(21-4)23-13-16(3)26-18-8-6-17(20)7-9-18;/h6-9,12,16H,5,10-11,13H2,1-4H3,(H2,21,22,23);1H. The molecule has 0 aliphatic heterocycles. The molecule has 1 aromatic carbocycles. The first-order valence-corrected chi connectivity index (χ1v) is 9.23. The molecule has 0 radical (unpaired) electrons. The Morgan fingerprint density at radius 1 is 1.26 bits per heavy atom. The quantitative estimate of drug-likeness (QED) is 0.248. The minimum absolute atomic E-state index is 0. The van der Waals surface area contributed by atoms with Crippen molar-refractivity contribution in [2.45, 2.75) is 39.8 Å². The Kier molecular flexibility index (Phi) is 10.5. The van der Waals surface area contributed by atoms with Crippen molar-refractivity contribution in [2.24, 2.45) is 4.99 Å². The molecule has 1 unspecified atom stereocenters. The summed E-state index contributed by atoms with van der Waals surface area (Å²) in [5, 5.41) is 11.8. The van der Waals surface area contributed by atoms with Crippen LogP contribution in [-0.2, 0) is 6.54 Å². The van der Waals surface area contributed by atoms with E-state index in [0.717, 1.165) is 36.9 Å². The van der Waals surface area contributed by atoms with Crippen LogP contribution in [0.25, 0.3) is 0 Å². The summed E-state index contributed by atoms with van der Waals surface area (Å²) >= 11 is 5.88. The molecule has 1 aromatic heterocycles. The van der Waals surface area contributed by atoms with Crippen LogP contribution in [0, 0.1) is 13.8 Å². The highest BCUT2D eigenvalue weighted by molar-refractivity contribution is 14.0. The van der Waals surface area contributed by atoms with Gasteiger partial charge in [0.25, 0.3) is 0 Å². The maximum Gasteiger partial charge on any atom is 0.191 e. The van der Waals surface area contributed by atoms with Gasteiger partial charge in [0.15, 0.2) is 5.96 Å². The Hall–Kier alpha value is -1.48. The number of nitrogens with one attached hydrogen (secondary N) is 2. The van der Waals surface area contributed by atoms with E-state index in [4.69, 9.17) is 16.3 Å². The van der Waals surface area contributed by atoms with Crippen molar-refractivity contribution < 1.29 is 4.74 Å². The number of aromatic nitrogens is 2. The highest BCUT2D eigenvalue weighted by Crippen LogP contribution is 2.16. The predicted molar refractivity (Wildman–Crippen MR) is 123 cm³/mol. The van der Waals surface area contributed by atoms with E-state index in [1.807, 2.05) is 42.8 Å². The molecule has 0 saturated carbocycles. The molecule has 6 nitrogen and oxygen atoms in total. The normalized spacial score (nSPS) is 12.3. The topological polar surface area (TPSA) is 63.5 Å². The predicted octanol–water partition coefficient (Wildman–Crippen LogP) is 3.79. The average Bonchev–Trinajstić information content (AvgIpc) is 2.93. The van der Waals surface area contributed by atoms with Crippen molar-refractivity contribution in [3.8, 4) is 5.75 Å². The first-order chi connectivity index (χ1) is 12.5. The summed E-state index contributed by atoms with van der Waals surface area (Å²) in [4.78, 5) is 4.24. The molecule has 0 bridgehead atoms. The summed E-state index contributed by atoms with van der Waals surface area (Å²) in [5.74, 6) is 1.57. The molecule has 0 saturated heterocycles. The van der Waals surface area contributed by atoms with E-state index in [0.29, 0.717) is 11.6 Å². The van der Waals surface area contributed by atoms with Gasteiger partial charge < -0.3 is 15.4 Å². The van der Waals surface area contributed by atoms with Gasteiger partial charge in [0.1, 0.15) is 11.9 Å². The second-order valence-corrected chi connectivity index (χ2v) is 6.70. The van der Waals surface area contributed by atoms with Crippen LogP contribution in [0.2, 0.25) is 5.02 Å². The molecule has 0 aliphatic rings. The molecule has 0 amide bonds. The van der Waals surface area contributed by atoms with Crippen LogP contribution < -0.4 is 15.4 Å². The summed E-state index contributed by atoms with van der Waals surface area (Å²) in [6.07, 6.45) is 0.976. The fourth-order valence-electron chi connectivity index (χ4n) is 2.59. The Bertz CT molecular complexity index is 717. The molecule has 27 heavy (non-hydrogen) atoms. The molecular weight excluding hydrogens is 477 g/mol. The van der Waals surface area contributed by atoms with Gasteiger partial charge in [-0.3, -0.25) is 9.67 Å². The van der Waals surface area contributed by atoms with Crippen LogP contribution in [0.3, 0.4) is 0 Å². The fourth-order valence-corrected chi connectivity index (χ4v) is 2.71. The van der Waals surface area contributed by atoms with Crippen molar-refractivity contribution in [1.82, 2.24) is 20.4 Å². The maximum atomic E-state index is 5.88. The highest BCUT2D eigenvalue weighted by Gasteiger charge is 2.06. The van der Waals surface area contributed by atoms with E-state index in [1.165, 1.54) is 5.69 Å². The van der Waals surface area contributed by atoms with Crippen LogP contribution in [0.4, 0.5) is 0 Å². The Morgan fingerprint density at radius 2 is 1.96 bits per heavy atom.